The Labute approximate surface area is 664 Å². The first-order chi connectivity index (χ1) is 55.4. The summed E-state index contributed by atoms with van der Waals surface area (Å²) in [5.74, 6) is 5.13. The third kappa shape index (κ3) is 11.1. The van der Waals surface area contributed by atoms with E-state index in [0.717, 1.165) is 69.0 Å². The third-order valence-corrected chi connectivity index (χ3v) is 31.2. The average molecular weight is 1470 g/mol. The molecule has 3 nitrogen and oxygen atoms in total. The standard InChI is InChI=1S/C44H38O.C36H32O.C30H28O/c1-2-28-3-13-37(14-4-28)43-23-29-19-30(24-43)26-44(25-29,27-43)38-15-9-32(10-16-38)35-11-17-41-39(21-35)40-22-36(12-18-42(40)45-41)34-8-6-31-5-7-33(31)20-34;1-2-24-7-12-29(13-8-24)35-19-25-17-26(20-35)22-36(21-25,23-35)30-14-9-27(10-15-30)28-11-16-34-32(18-28)31-5-3-4-6-33(31)37-34;1-2-20-7-9-23(10-8-20)29-15-21-13-22(16-29)18-30(17-21,19-29)24-11-12-28-26(14-24)25-5-3-4-6-27(25)31-28/h2-4,6,8-18,20-22,29-30H,1,5,7,19,23-27H2;2-16,18,25-26H,1,17,19-23H2;2-12,14,21-22H,1,13,15-19H2. The Morgan fingerprint density at radius 2 is 0.487 bits per heavy atom. The van der Waals surface area contributed by atoms with Gasteiger partial charge in [-0.1, -0.05) is 238 Å². The van der Waals surface area contributed by atoms with Crippen molar-refractivity contribution in [3.63, 3.8) is 0 Å². The third-order valence-electron chi connectivity index (χ3n) is 31.2. The molecular formula is C110H98O3. The van der Waals surface area contributed by atoms with Gasteiger partial charge in [0.25, 0.3) is 0 Å². The molecule has 13 aliphatic carbocycles. The minimum Gasteiger partial charge on any atom is -0.456 e. The van der Waals surface area contributed by atoms with Crippen LogP contribution in [0.1, 0.15) is 177 Å². The van der Waals surface area contributed by atoms with Gasteiger partial charge < -0.3 is 13.3 Å². The van der Waals surface area contributed by atoms with Crippen LogP contribution in [0.25, 0.3) is 117 Å². The van der Waals surface area contributed by atoms with Gasteiger partial charge in [0.2, 0.25) is 0 Å². The maximum absolute atomic E-state index is 6.30. The second kappa shape index (κ2) is 25.6. The number of furan rings is 3. The zero-order chi connectivity index (χ0) is 75.0. The second-order valence-corrected chi connectivity index (χ2v) is 37.8. The molecule has 0 spiro atoms. The van der Waals surface area contributed by atoms with Crippen LogP contribution in [0.3, 0.4) is 0 Å². The van der Waals surface area contributed by atoms with Gasteiger partial charge >= 0.3 is 0 Å². The molecule has 113 heavy (non-hydrogen) atoms. The fourth-order valence-corrected chi connectivity index (χ4v) is 27.2. The highest BCUT2D eigenvalue weighted by atomic mass is 16.3. The van der Waals surface area contributed by atoms with Gasteiger partial charge in [-0.3, -0.25) is 0 Å². The number of para-hydroxylation sites is 2. The van der Waals surface area contributed by atoms with Crippen LogP contribution in [0.2, 0.25) is 0 Å². The van der Waals surface area contributed by atoms with Crippen LogP contribution in [-0.2, 0) is 45.3 Å². The fraction of sp³-hybridized carbons (Fsp3) is 0.291. The lowest BCUT2D eigenvalue weighted by Crippen LogP contribution is -2.55. The van der Waals surface area contributed by atoms with Crippen molar-refractivity contribution in [1.82, 2.24) is 0 Å². The van der Waals surface area contributed by atoms with Crippen molar-refractivity contribution in [2.45, 2.75) is 161 Å². The predicted molar refractivity (Wildman–Crippen MR) is 469 cm³/mol. The van der Waals surface area contributed by atoms with Crippen molar-refractivity contribution < 1.29 is 13.3 Å². The van der Waals surface area contributed by atoms with E-state index in [1.807, 2.05) is 24.3 Å². The minimum absolute atomic E-state index is 0.305. The van der Waals surface area contributed by atoms with Crippen LogP contribution in [0, 0.1) is 35.5 Å². The summed E-state index contributed by atoms with van der Waals surface area (Å²) >= 11 is 0. The molecule has 0 radical (unpaired) electrons. The van der Waals surface area contributed by atoms with Gasteiger partial charge in [-0.05, 0) is 352 Å². The number of rotatable bonds is 12. The molecule has 3 aromatic heterocycles. The van der Waals surface area contributed by atoms with Gasteiger partial charge in [0.05, 0.1) is 0 Å². The van der Waals surface area contributed by atoms with Gasteiger partial charge in [0.15, 0.2) is 0 Å². The summed E-state index contributed by atoms with van der Waals surface area (Å²) < 4.78 is 18.5. The van der Waals surface area contributed by atoms with E-state index < -0.39 is 0 Å². The number of hydrogen-bond donors (Lipinski definition) is 0. The zero-order valence-electron chi connectivity index (χ0n) is 65.0. The Morgan fingerprint density at radius 1 is 0.230 bits per heavy atom. The van der Waals surface area contributed by atoms with Gasteiger partial charge in [-0.15, -0.1) is 0 Å². The largest absolute Gasteiger partial charge is 0.456 e. The van der Waals surface area contributed by atoms with Crippen molar-refractivity contribution in [2.75, 3.05) is 0 Å². The molecule has 12 aromatic carbocycles. The van der Waals surface area contributed by atoms with Crippen molar-refractivity contribution in [1.29, 1.82) is 0 Å². The molecule has 0 saturated heterocycles. The van der Waals surface area contributed by atoms with Crippen LogP contribution in [-0.4, -0.2) is 0 Å². The molecule has 6 atom stereocenters. The summed E-state index contributed by atoms with van der Waals surface area (Å²) in [4.78, 5) is 0. The first-order valence-corrected chi connectivity index (χ1v) is 42.7. The second-order valence-electron chi connectivity index (χ2n) is 37.8. The smallest absolute Gasteiger partial charge is 0.135 e. The van der Waals surface area contributed by atoms with Gasteiger partial charge in [-0.25, -0.2) is 0 Å². The van der Waals surface area contributed by atoms with Gasteiger partial charge in [0, 0.05) is 32.3 Å². The van der Waals surface area contributed by atoms with Gasteiger partial charge in [-0.2, -0.15) is 0 Å². The van der Waals surface area contributed by atoms with Crippen LogP contribution < -0.4 is 0 Å². The van der Waals surface area contributed by atoms with E-state index in [0.29, 0.717) is 32.5 Å². The Kier molecular flexibility index (Phi) is 15.4. The van der Waals surface area contributed by atoms with E-state index >= 15 is 0 Å². The van der Waals surface area contributed by atoms with E-state index in [1.54, 1.807) is 33.4 Å². The molecule has 6 unspecified atom stereocenters. The van der Waals surface area contributed by atoms with Crippen molar-refractivity contribution >= 4 is 84.0 Å². The molecule has 12 fully saturated rings. The van der Waals surface area contributed by atoms with Crippen molar-refractivity contribution in [2.24, 2.45) is 35.5 Å². The number of fused-ring (bicyclic) bond motifs is 10. The molecule has 0 N–H and O–H groups in total. The molecule has 13 aliphatic rings. The molecule has 28 rings (SSSR count). The molecule has 3 heteroatoms. The van der Waals surface area contributed by atoms with Crippen LogP contribution >= 0.6 is 0 Å². The molecule has 0 amide bonds. The van der Waals surface area contributed by atoms with E-state index in [2.05, 4.69) is 275 Å². The highest BCUT2D eigenvalue weighted by molar-refractivity contribution is 6.09. The van der Waals surface area contributed by atoms with Crippen LogP contribution in [0.5, 0.6) is 0 Å². The predicted octanol–water partition coefficient (Wildman–Crippen LogP) is 29.2. The quantitative estimate of drug-likeness (QED) is 0.122. The molecular weight excluding hydrogens is 1370 g/mol. The molecule has 15 aromatic rings. The van der Waals surface area contributed by atoms with Crippen LogP contribution in [0.4, 0.5) is 0 Å². The van der Waals surface area contributed by atoms with Crippen molar-refractivity contribution in [3.05, 3.63) is 342 Å². The van der Waals surface area contributed by atoms with E-state index in [1.165, 1.54) is 222 Å². The molecule has 556 valence electrons. The van der Waals surface area contributed by atoms with Crippen molar-refractivity contribution in [3.8, 4) is 33.4 Å². The Balaban J connectivity index is 0.000000103. The van der Waals surface area contributed by atoms with E-state index in [9.17, 15) is 0 Å². The summed E-state index contributed by atoms with van der Waals surface area (Å²) in [5, 5.41) is 7.32. The topological polar surface area (TPSA) is 39.4 Å². The highest BCUT2D eigenvalue weighted by Gasteiger charge is 2.61. The monoisotopic (exact) mass is 1470 g/mol. The summed E-state index contributed by atoms with van der Waals surface area (Å²) in [5.41, 5.74) is 31.5. The minimum atomic E-state index is 0.305. The Bertz CT molecular complexity index is 6280. The lowest BCUT2D eigenvalue weighted by Gasteiger charge is -2.63. The maximum atomic E-state index is 6.30. The summed E-state index contributed by atoms with van der Waals surface area (Å²) in [6, 6.07) is 98.2. The number of aryl methyl sites for hydroxylation is 2. The SMILES string of the molecule is C=Cc1ccc(C23CC4CC(C2)CC(c2ccc(-c5ccc6oc7ccc(-c8ccc9c(c8)CC9)cc7c6c5)cc2)(C4)C3)cc1.C=Cc1ccc(C23CC4CC(C2)CC(c2ccc(-c5ccc6oc7ccccc7c6c5)cc2)(C4)C3)cc1.C=Cc1ccc(C23CC4CC(C2)CC(c2ccc5oc6ccccc6c5c2)(C4)C3)cc1. The first-order valence-electron chi connectivity index (χ1n) is 42.7. The fourth-order valence-electron chi connectivity index (χ4n) is 27.2. The van der Waals surface area contributed by atoms with E-state index in [-0.39, 0.29) is 0 Å². The summed E-state index contributed by atoms with van der Waals surface area (Å²) in [6.45, 7) is 11.9. The maximum Gasteiger partial charge on any atom is 0.135 e. The highest BCUT2D eigenvalue weighted by Crippen LogP contribution is 2.70. The average Bonchev–Trinajstić information content (AvgIpc) is 1.69. The number of benzene rings is 12. The van der Waals surface area contributed by atoms with Crippen LogP contribution in [0.15, 0.2) is 294 Å². The molecule has 12 saturated carbocycles. The Morgan fingerprint density at radius 3 is 0.823 bits per heavy atom. The van der Waals surface area contributed by atoms with Gasteiger partial charge in [0.1, 0.15) is 33.5 Å². The zero-order valence-corrected chi connectivity index (χ0v) is 65.0. The Hall–Kier alpha value is -10.7. The number of hydrogen-bond acceptors (Lipinski definition) is 3. The first kappa shape index (κ1) is 67.9. The molecule has 3 heterocycles. The normalized spacial score (nSPS) is 28.3. The summed E-state index contributed by atoms with van der Waals surface area (Å²) in [7, 11) is 0. The molecule has 0 aliphatic heterocycles. The molecule has 12 bridgehead atoms. The lowest BCUT2D eigenvalue weighted by molar-refractivity contribution is -0.0282. The summed E-state index contributed by atoms with van der Waals surface area (Å²) in [6.07, 6.45) is 32.8. The van der Waals surface area contributed by atoms with E-state index in [4.69, 9.17) is 13.3 Å². The lowest BCUT2D eigenvalue weighted by atomic mass is 9.41.